The molecule has 102 valence electrons. The molecule has 0 radical (unpaired) electrons. The molecule has 0 aliphatic rings. The molecule has 0 saturated heterocycles. The zero-order valence-electron chi connectivity index (χ0n) is 11.6. The molecule has 3 nitrogen and oxygen atoms in total. The molecule has 3 heteroatoms. The van der Waals surface area contributed by atoms with E-state index in [1.807, 2.05) is 37.3 Å². The lowest BCUT2D eigenvalue weighted by molar-refractivity contribution is 0.190. The molecule has 0 amide bonds. The molecule has 2 aromatic carbocycles. The minimum atomic E-state index is -0.573. The van der Waals surface area contributed by atoms with Crippen LogP contribution in [0.15, 0.2) is 42.5 Å². The quantitative estimate of drug-likeness (QED) is 0.922. The summed E-state index contributed by atoms with van der Waals surface area (Å²) >= 11 is 0. The van der Waals surface area contributed by atoms with Gasteiger partial charge in [0.2, 0.25) is 0 Å². The van der Waals surface area contributed by atoms with Crippen molar-refractivity contribution >= 4 is 0 Å². The number of ether oxygens (including phenoxy) is 1. The van der Waals surface area contributed by atoms with Crippen LogP contribution in [0.1, 0.15) is 35.3 Å². The van der Waals surface area contributed by atoms with Gasteiger partial charge in [0.25, 0.3) is 0 Å². The first-order valence-electron chi connectivity index (χ1n) is 6.50. The second kappa shape index (κ2) is 6.23. The Balaban J connectivity index is 2.18. The van der Waals surface area contributed by atoms with E-state index in [1.54, 1.807) is 19.1 Å². The lowest BCUT2D eigenvalue weighted by Crippen LogP contribution is -2.01. The summed E-state index contributed by atoms with van der Waals surface area (Å²) in [4.78, 5) is 0. The molecule has 2 rings (SSSR count). The third kappa shape index (κ3) is 3.37. The van der Waals surface area contributed by atoms with Crippen LogP contribution in [0, 0.1) is 18.3 Å². The van der Waals surface area contributed by atoms with Crippen LogP contribution in [0.5, 0.6) is 5.75 Å². The molecular weight excluding hydrogens is 250 g/mol. The van der Waals surface area contributed by atoms with Gasteiger partial charge in [-0.3, -0.25) is 0 Å². The second-order valence-corrected chi connectivity index (χ2v) is 4.82. The molecule has 0 heterocycles. The fourth-order valence-corrected chi connectivity index (χ4v) is 2.00. The summed E-state index contributed by atoms with van der Waals surface area (Å²) < 4.78 is 5.80. The lowest BCUT2D eigenvalue weighted by atomic mass is 10.1. The van der Waals surface area contributed by atoms with E-state index in [1.165, 1.54) is 0 Å². The summed E-state index contributed by atoms with van der Waals surface area (Å²) in [5, 5.41) is 18.6. The summed E-state index contributed by atoms with van der Waals surface area (Å²) in [6, 6.07) is 15.2. The Hall–Kier alpha value is -2.31. The molecule has 2 aromatic rings. The number of aliphatic hydroxyl groups is 1. The van der Waals surface area contributed by atoms with Crippen molar-refractivity contribution in [2.75, 3.05) is 0 Å². The molecule has 1 N–H and O–H groups in total. The first kappa shape index (κ1) is 14.1. The van der Waals surface area contributed by atoms with Crippen molar-refractivity contribution in [1.82, 2.24) is 0 Å². The molecule has 0 aliphatic carbocycles. The van der Waals surface area contributed by atoms with Gasteiger partial charge >= 0.3 is 0 Å². The number of hydrogen-bond donors (Lipinski definition) is 1. The predicted molar refractivity (Wildman–Crippen MR) is 77.3 cm³/mol. The maximum atomic E-state index is 9.75. The third-order valence-electron chi connectivity index (χ3n) is 3.07. The topological polar surface area (TPSA) is 53.2 Å². The van der Waals surface area contributed by atoms with Crippen molar-refractivity contribution in [3.05, 3.63) is 64.7 Å². The van der Waals surface area contributed by atoms with Crippen LogP contribution in [-0.4, -0.2) is 5.11 Å². The fraction of sp³-hybridized carbons (Fsp3) is 0.235. The SMILES string of the molecule is Cc1ccc(C(C)O)c(OCc2cccc(C#N)c2)c1. The van der Waals surface area contributed by atoms with E-state index in [0.29, 0.717) is 17.9 Å². The van der Waals surface area contributed by atoms with Gasteiger partial charge in [-0.2, -0.15) is 5.26 Å². The standard InChI is InChI=1S/C17H17NO2/c1-12-6-7-16(13(2)19)17(8-12)20-11-15-5-3-4-14(9-15)10-18/h3-9,13,19H,11H2,1-2H3. The van der Waals surface area contributed by atoms with Gasteiger partial charge in [-0.15, -0.1) is 0 Å². The Morgan fingerprint density at radius 2 is 2.05 bits per heavy atom. The highest BCUT2D eigenvalue weighted by Crippen LogP contribution is 2.27. The highest BCUT2D eigenvalue weighted by Gasteiger charge is 2.09. The highest BCUT2D eigenvalue weighted by atomic mass is 16.5. The van der Waals surface area contributed by atoms with Crippen LogP contribution >= 0.6 is 0 Å². The first-order valence-corrected chi connectivity index (χ1v) is 6.50. The van der Waals surface area contributed by atoms with Crippen molar-refractivity contribution in [2.24, 2.45) is 0 Å². The number of nitrogens with zero attached hydrogens (tertiary/aromatic N) is 1. The number of aliphatic hydroxyl groups excluding tert-OH is 1. The Kier molecular flexibility index (Phi) is 4.39. The summed E-state index contributed by atoms with van der Waals surface area (Å²) in [7, 11) is 0. The van der Waals surface area contributed by atoms with Crippen molar-refractivity contribution in [2.45, 2.75) is 26.6 Å². The van der Waals surface area contributed by atoms with Crippen LogP contribution in [0.3, 0.4) is 0 Å². The number of aryl methyl sites for hydroxylation is 1. The first-order chi connectivity index (χ1) is 9.60. The van der Waals surface area contributed by atoms with E-state index < -0.39 is 6.10 Å². The van der Waals surface area contributed by atoms with Gasteiger partial charge in [0.15, 0.2) is 0 Å². The lowest BCUT2D eigenvalue weighted by Gasteiger charge is -2.14. The van der Waals surface area contributed by atoms with Crippen molar-refractivity contribution in [3.63, 3.8) is 0 Å². The van der Waals surface area contributed by atoms with Crippen LogP contribution in [0.4, 0.5) is 0 Å². The Bertz CT molecular complexity index is 642. The summed E-state index contributed by atoms with van der Waals surface area (Å²) in [5.74, 6) is 0.683. The smallest absolute Gasteiger partial charge is 0.125 e. The van der Waals surface area contributed by atoms with E-state index in [4.69, 9.17) is 10.00 Å². The van der Waals surface area contributed by atoms with Crippen molar-refractivity contribution < 1.29 is 9.84 Å². The number of nitriles is 1. The number of benzene rings is 2. The maximum absolute atomic E-state index is 9.75. The van der Waals surface area contributed by atoms with Crippen LogP contribution < -0.4 is 4.74 Å². The van der Waals surface area contributed by atoms with E-state index in [9.17, 15) is 5.11 Å². The average Bonchev–Trinajstić information content (AvgIpc) is 2.45. The molecule has 1 atom stereocenters. The largest absolute Gasteiger partial charge is 0.489 e. The predicted octanol–water partition coefficient (Wildman–Crippen LogP) is 3.50. The molecule has 0 bridgehead atoms. The fourth-order valence-electron chi connectivity index (χ4n) is 2.00. The Morgan fingerprint density at radius 3 is 2.75 bits per heavy atom. The number of rotatable bonds is 4. The Morgan fingerprint density at radius 1 is 1.25 bits per heavy atom. The van der Waals surface area contributed by atoms with Gasteiger partial charge in [0.1, 0.15) is 12.4 Å². The highest BCUT2D eigenvalue weighted by molar-refractivity contribution is 5.39. The van der Waals surface area contributed by atoms with Crippen molar-refractivity contribution in [3.8, 4) is 11.8 Å². The van der Waals surface area contributed by atoms with Crippen molar-refractivity contribution in [1.29, 1.82) is 5.26 Å². The van der Waals surface area contributed by atoms with Gasteiger partial charge in [-0.05, 0) is 43.2 Å². The normalized spacial score (nSPS) is 11.7. The molecule has 20 heavy (non-hydrogen) atoms. The zero-order valence-corrected chi connectivity index (χ0v) is 11.6. The zero-order chi connectivity index (χ0) is 14.5. The maximum Gasteiger partial charge on any atom is 0.125 e. The minimum absolute atomic E-state index is 0.374. The molecule has 0 aromatic heterocycles. The average molecular weight is 267 g/mol. The minimum Gasteiger partial charge on any atom is -0.489 e. The van der Waals surface area contributed by atoms with Crippen LogP contribution in [-0.2, 0) is 6.61 Å². The summed E-state index contributed by atoms with van der Waals surface area (Å²) in [6.45, 7) is 4.07. The van der Waals surface area contributed by atoms with Gasteiger partial charge < -0.3 is 9.84 Å². The molecule has 0 spiro atoms. The van der Waals surface area contributed by atoms with Gasteiger partial charge in [0, 0.05) is 5.56 Å². The van der Waals surface area contributed by atoms with Gasteiger partial charge in [-0.1, -0.05) is 24.3 Å². The second-order valence-electron chi connectivity index (χ2n) is 4.82. The van der Waals surface area contributed by atoms with E-state index >= 15 is 0 Å². The number of hydrogen-bond acceptors (Lipinski definition) is 3. The van der Waals surface area contributed by atoms with Gasteiger partial charge in [-0.25, -0.2) is 0 Å². The van der Waals surface area contributed by atoms with E-state index in [-0.39, 0.29) is 0 Å². The van der Waals surface area contributed by atoms with E-state index in [0.717, 1.165) is 16.7 Å². The molecular formula is C17H17NO2. The molecule has 0 fully saturated rings. The molecule has 1 unspecified atom stereocenters. The van der Waals surface area contributed by atoms with Crippen LogP contribution in [0.25, 0.3) is 0 Å². The van der Waals surface area contributed by atoms with Crippen LogP contribution in [0.2, 0.25) is 0 Å². The molecule has 0 saturated carbocycles. The third-order valence-corrected chi connectivity index (χ3v) is 3.07. The molecule has 0 aliphatic heterocycles. The summed E-state index contributed by atoms with van der Waals surface area (Å²) in [6.07, 6.45) is -0.573. The Labute approximate surface area is 119 Å². The monoisotopic (exact) mass is 267 g/mol. The van der Waals surface area contributed by atoms with E-state index in [2.05, 4.69) is 6.07 Å². The van der Waals surface area contributed by atoms with Gasteiger partial charge in [0.05, 0.1) is 17.7 Å². The summed E-state index contributed by atoms with van der Waals surface area (Å²) in [5.41, 5.74) is 3.40.